The zero-order chi connectivity index (χ0) is 53.8. The van der Waals surface area contributed by atoms with Crippen LogP contribution in [0.2, 0.25) is 0 Å². The van der Waals surface area contributed by atoms with Crippen molar-refractivity contribution in [3.05, 3.63) is 169 Å². The lowest BCUT2D eigenvalue weighted by Crippen LogP contribution is -2.51. The van der Waals surface area contributed by atoms with Crippen LogP contribution in [0.4, 0.5) is 0 Å². The minimum atomic E-state index is -3.33. The van der Waals surface area contributed by atoms with Crippen molar-refractivity contribution in [1.82, 2.24) is 9.97 Å². The van der Waals surface area contributed by atoms with E-state index in [-0.39, 0.29) is 34.5 Å². The highest BCUT2D eigenvalue weighted by Gasteiger charge is 2.75. The average molecular weight is 1080 g/mol. The van der Waals surface area contributed by atoms with Crippen LogP contribution in [-0.2, 0) is 9.13 Å². The van der Waals surface area contributed by atoms with Crippen molar-refractivity contribution in [3.63, 3.8) is 0 Å². The molecule has 0 amide bonds. The normalized spacial score (nSPS) is 29.2. The molecule has 17 rings (SSSR count). The fourth-order valence-corrected chi connectivity index (χ4v) is 30.3. The lowest BCUT2D eigenvalue weighted by Gasteiger charge is -2.54. The Balaban J connectivity index is 0.973. The molecule has 4 heterocycles. The molecule has 0 saturated heterocycles. The van der Waals surface area contributed by atoms with Crippen LogP contribution in [0, 0.1) is 35.5 Å². The summed E-state index contributed by atoms with van der Waals surface area (Å²) in [7, 11) is -6.65. The van der Waals surface area contributed by atoms with Gasteiger partial charge in [0.05, 0.1) is 11.0 Å². The predicted molar refractivity (Wildman–Crippen MR) is 341 cm³/mol. The lowest BCUT2D eigenvalue weighted by molar-refractivity contribution is 0.229. The van der Waals surface area contributed by atoms with E-state index in [0.717, 1.165) is 58.1 Å². The summed E-state index contributed by atoms with van der Waals surface area (Å²) in [5.41, 5.74) is 4.32. The first-order chi connectivity index (χ1) is 38.9. The van der Waals surface area contributed by atoms with Gasteiger partial charge in [-0.25, -0.2) is 0 Å². The molecule has 80 heavy (non-hydrogen) atoms. The summed E-state index contributed by atoms with van der Waals surface area (Å²) >= 11 is 0. The highest BCUT2D eigenvalue weighted by atomic mass is 31.2. The largest absolute Gasteiger partial charge is 0.318 e. The van der Waals surface area contributed by atoms with Crippen molar-refractivity contribution in [2.24, 2.45) is 35.5 Å². The van der Waals surface area contributed by atoms with Gasteiger partial charge in [0.15, 0.2) is 0 Å². The third-order valence-electron chi connectivity index (χ3n) is 22.2. The molecular formula is C74H68N2O2P2. The molecule has 0 spiro atoms. The van der Waals surface area contributed by atoms with Crippen molar-refractivity contribution in [2.45, 2.75) is 115 Å². The molecule has 12 unspecified atom stereocenters. The molecule has 3 saturated carbocycles. The van der Waals surface area contributed by atoms with E-state index in [4.69, 9.17) is 9.97 Å². The van der Waals surface area contributed by atoms with Gasteiger partial charge < -0.3 is 9.13 Å². The molecule has 2 aliphatic heterocycles. The van der Waals surface area contributed by atoms with Gasteiger partial charge in [-0.3, -0.25) is 9.97 Å². The first-order valence-electron chi connectivity index (χ1n) is 30.3. The summed E-state index contributed by atoms with van der Waals surface area (Å²) in [5, 5.41) is 24.1. The molecule has 5 aliphatic rings. The molecule has 0 bridgehead atoms. The third kappa shape index (κ3) is 6.31. The molecule has 3 aliphatic carbocycles. The second kappa shape index (κ2) is 17.1. The smallest absolute Gasteiger partial charge is 0.123 e. The Morgan fingerprint density at radius 2 is 0.738 bits per heavy atom. The summed E-state index contributed by atoms with van der Waals surface area (Å²) < 4.78 is 36.9. The Kier molecular flexibility index (Phi) is 10.3. The number of nitrogens with zero attached hydrogens (tertiary/aromatic N) is 2. The van der Waals surface area contributed by atoms with Crippen LogP contribution in [-0.4, -0.2) is 32.6 Å². The minimum Gasteiger partial charge on any atom is -0.318 e. The van der Waals surface area contributed by atoms with E-state index >= 15 is 9.13 Å². The Bertz CT molecular complexity index is 4500. The van der Waals surface area contributed by atoms with Gasteiger partial charge in [0.25, 0.3) is 0 Å². The second-order valence-electron chi connectivity index (χ2n) is 26.8. The van der Waals surface area contributed by atoms with Crippen LogP contribution in [0.3, 0.4) is 0 Å². The monoisotopic (exact) mass is 1080 g/mol. The molecule has 4 nitrogen and oxygen atoms in total. The van der Waals surface area contributed by atoms with Gasteiger partial charge in [-0.2, -0.15) is 0 Å². The van der Waals surface area contributed by atoms with Crippen molar-refractivity contribution in [1.29, 1.82) is 0 Å². The Labute approximate surface area is 468 Å². The number of benzene rings is 10. The highest BCUT2D eigenvalue weighted by Crippen LogP contribution is 2.86. The molecule has 3 fully saturated rings. The molecule has 0 radical (unpaired) electrons. The number of hydrogen-bond acceptors (Lipinski definition) is 4. The average Bonchev–Trinajstić information content (AvgIpc) is 2.16. The van der Waals surface area contributed by atoms with E-state index in [9.17, 15) is 0 Å². The maximum Gasteiger partial charge on any atom is 0.123 e. The number of hydrogen-bond donors (Lipinski definition) is 0. The van der Waals surface area contributed by atoms with E-state index in [1.54, 1.807) is 0 Å². The van der Waals surface area contributed by atoms with Gasteiger partial charge in [0, 0.05) is 68.2 Å². The van der Waals surface area contributed by atoms with E-state index in [1.165, 1.54) is 110 Å². The van der Waals surface area contributed by atoms with E-state index in [0.29, 0.717) is 35.5 Å². The zero-order valence-electron chi connectivity index (χ0n) is 46.8. The number of aromatic nitrogens is 2. The van der Waals surface area contributed by atoms with Crippen LogP contribution >= 0.6 is 14.3 Å². The van der Waals surface area contributed by atoms with Crippen LogP contribution < -0.4 is 10.6 Å². The molecule has 6 heteroatoms. The molecule has 12 aromatic rings. The van der Waals surface area contributed by atoms with Crippen molar-refractivity contribution in [2.75, 3.05) is 0 Å². The summed E-state index contributed by atoms with van der Waals surface area (Å²) in [6, 6.07) is 55.0. The van der Waals surface area contributed by atoms with Crippen molar-refractivity contribution in [3.8, 4) is 0 Å². The second-order valence-corrected chi connectivity index (χ2v) is 33.1. The SMILES string of the molecule is CC1CCC(C(C)C)C(P2(=O)c3cc4c(ccc5ccc6ccc7ccc8ncccc8c7c6c54)cc3C3C4c5cc6ccc7ccc8ccc9ccc%10ncccc%10c9c8c7c6cc5P(=O)(C5CC(C)CCC5C(C)C)C4C32)C1. The van der Waals surface area contributed by atoms with Crippen LogP contribution in [0.15, 0.2) is 158 Å². The maximum atomic E-state index is 18.5. The summed E-state index contributed by atoms with van der Waals surface area (Å²) in [5.74, 6) is 2.47. The van der Waals surface area contributed by atoms with E-state index < -0.39 is 14.3 Å². The van der Waals surface area contributed by atoms with Gasteiger partial charge in [0.2, 0.25) is 0 Å². The van der Waals surface area contributed by atoms with E-state index in [2.05, 4.69) is 187 Å². The number of pyridine rings is 2. The van der Waals surface area contributed by atoms with Crippen molar-refractivity contribution >= 4 is 133 Å². The lowest BCUT2D eigenvalue weighted by atomic mass is 9.66. The predicted octanol–water partition coefficient (Wildman–Crippen LogP) is 19.6. The quantitative estimate of drug-likeness (QED) is 0.130. The van der Waals surface area contributed by atoms with Crippen LogP contribution in [0.25, 0.3) is 108 Å². The highest BCUT2D eigenvalue weighted by molar-refractivity contribution is 7.78. The first kappa shape index (κ1) is 48.3. The van der Waals surface area contributed by atoms with Gasteiger partial charge in [0.1, 0.15) is 14.3 Å². The van der Waals surface area contributed by atoms with Crippen LogP contribution in [0.1, 0.15) is 103 Å². The Hall–Kier alpha value is -6.44. The summed E-state index contributed by atoms with van der Waals surface area (Å²) in [4.78, 5) is 9.72. The fourth-order valence-electron chi connectivity index (χ4n) is 18.6. The zero-order valence-corrected chi connectivity index (χ0v) is 48.6. The standard InChI is InChI=1S/C74H68N2O2P2/c1-39(2)51-27-11-41(5)33-61(51)79(77)63-37-55-49(23-21-43-13-17-47-19-15-45-25-29-59-53(9-7-31-75-59)65(45)69(47)67(43)55)35-57(63)71-72-58-36-50-24-22-44-14-18-48-20-16-46-26-30-60-54(10-8-32-76-60)66(46)70(48)68(44)56(50)38-64(58)80(78,74(72)73(71)79)62-34-42(6)12-28-52(62)40(3)4/h7-10,13-26,29-32,35-42,51-52,61-62,71-74H,11-12,27-28,33-34H2,1-6H3. The van der Waals surface area contributed by atoms with E-state index in [1.807, 2.05) is 12.4 Å². The minimum absolute atomic E-state index is 0.0315. The number of rotatable bonds is 4. The molecular weight excluding hydrogens is 1010 g/mol. The van der Waals surface area contributed by atoms with Crippen LogP contribution in [0.5, 0.6) is 0 Å². The van der Waals surface area contributed by atoms with Gasteiger partial charge in [-0.1, -0.05) is 164 Å². The molecule has 12 atom stereocenters. The Morgan fingerprint density at radius 1 is 0.400 bits per heavy atom. The van der Waals surface area contributed by atoms with Crippen molar-refractivity contribution < 1.29 is 9.13 Å². The maximum absolute atomic E-state index is 18.5. The molecule has 396 valence electrons. The summed E-state index contributed by atoms with van der Waals surface area (Å²) in [6.45, 7) is 14.4. The molecule has 2 aromatic heterocycles. The van der Waals surface area contributed by atoms with Gasteiger partial charge in [-0.05, 0) is 195 Å². The Morgan fingerprint density at radius 3 is 1.11 bits per heavy atom. The van der Waals surface area contributed by atoms with Gasteiger partial charge in [-0.15, -0.1) is 0 Å². The fraction of sp³-hybridized carbons (Fsp3) is 0.324. The third-order valence-corrected chi connectivity index (χ3v) is 30.9. The summed E-state index contributed by atoms with van der Waals surface area (Å²) in [6.07, 6.45) is 10.3. The molecule has 0 N–H and O–H groups in total. The first-order valence-corrected chi connectivity index (χ1v) is 34.0. The molecule has 10 aromatic carbocycles. The topological polar surface area (TPSA) is 59.9 Å². The number of fused-ring (bicyclic) bond motifs is 26. The van der Waals surface area contributed by atoms with Gasteiger partial charge >= 0.3 is 0 Å².